The molecule has 2 amide bonds. The van der Waals surface area contributed by atoms with Crippen molar-refractivity contribution in [3.8, 4) is 0 Å². The maximum absolute atomic E-state index is 13.6. The first-order valence-corrected chi connectivity index (χ1v) is 14.1. The Morgan fingerprint density at radius 1 is 1.00 bits per heavy atom. The summed E-state index contributed by atoms with van der Waals surface area (Å²) in [4.78, 5) is 28.2. The molecule has 0 bridgehead atoms. The molecule has 0 aliphatic carbocycles. The minimum absolute atomic E-state index is 0.0631. The second-order valence-corrected chi connectivity index (χ2v) is 11.3. The van der Waals surface area contributed by atoms with Crippen LogP contribution in [0, 0.1) is 6.92 Å². The highest BCUT2D eigenvalue weighted by Crippen LogP contribution is 2.25. The van der Waals surface area contributed by atoms with Gasteiger partial charge in [0.25, 0.3) is 0 Å². The highest BCUT2D eigenvalue weighted by molar-refractivity contribution is 7.92. The molecule has 192 valence electrons. The fourth-order valence-corrected chi connectivity index (χ4v) is 4.69. The van der Waals surface area contributed by atoms with Crippen molar-refractivity contribution >= 4 is 50.7 Å². The number of amides is 2. The summed E-state index contributed by atoms with van der Waals surface area (Å²) < 4.78 is 26.3. The quantitative estimate of drug-likeness (QED) is 0.443. The maximum Gasteiger partial charge on any atom is 0.244 e. The van der Waals surface area contributed by atoms with E-state index in [0.29, 0.717) is 27.7 Å². The standard InChI is InChI=1S/C25H33Cl2N3O4S/c1-6-18(4)28-25(32)23(7-2)29(15-19-10-13-21(26)22(27)14-19)24(31)16-30(35(5,33)34)20-11-8-17(3)9-12-20/h8-14,18,23H,6-7,15-16H2,1-5H3,(H,28,32)/t18-,23+/m0/s1. The molecule has 0 heterocycles. The van der Waals surface area contributed by atoms with Gasteiger partial charge in [-0.3, -0.25) is 13.9 Å². The van der Waals surface area contributed by atoms with Crippen LogP contribution in [0.25, 0.3) is 0 Å². The molecule has 0 spiro atoms. The van der Waals surface area contributed by atoms with Gasteiger partial charge in [0.1, 0.15) is 12.6 Å². The van der Waals surface area contributed by atoms with Crippen LogP contribution in [0.4, 0.5) is 5.69 Å². The number of nitrogens with zero attached hydrogens (tertiary/aromatic N) is 2. The van der Waals surface area contributed by atoms with E-state index in [-0.39, 0.29) is 18.5 Å². The molecule has 0 saturated heterocycles. The maximum atomic E-state index is 13.6. The van der Waals surface area contributed by atoms with Gasteiger partial charge in [-0.25, -0.2) is 8.42 Å². The Kier molecular flexibility index (Phi) is 10.4. The molecule has 2 rings (SSSR count). The summed E-state index contributed by atoms with van der Waals surface area (Å²) in [6.07, 6.45) is 2.13. The predicted octanol–water partition coefficient (Wildman–Crippen LogP) is 4.79. The summed E-state index contributed by atoms with van der Waals surface area (Å²) in [5, 5.41) is 3.63. The zero-order valence-corrected chi connectivity index (χ0v) is 23.0. The summed E-state index contributed by atoms with van der Waals surface area (Å²) in [6.45, 7) is 7.16. The summed E-state index contributed by atoms with van der Waals surface area (Å²) in [5.41, 5.74) is 2.00. The molecule has 2 aromatic rings. The lowest BCUT2D eigenvalue weighted by atomic mass is 10.1. The van der Waals surface area contributed by atoms with E-state index in [2.05, 4.69) is 5.32 Å². The zero-order valence-electron chi connectivity index (χ0n) is 20.7. The van der Waals surface area contributed by atoms with Crippen LogP contribution in [0.5, 0.6) is 0 Å². The van der Waals surface area contributed by atoms with Gasteiger partial charge < -0.3 is 10.2 Å². The molecule has 0 aliphatic rings. The van der Waals surface area contributed by atoms with E-state index in [0.717, 1.165) is 22.5 Å². The second-order valence-electron chi connectivity index (χ2n) is 8.62. The van der Waals surface area contributed by atoms with Crippen LogP contribution in [0.2, 0.25) is 10.0 Å². The molecular formula is C25H33Cl2N3O4S. The van der Waals surface area contributed by atoms with Crippen molar-refractivity contribution in [3.63, 3.8) is 0 Å². The molecule has 0 aliphatic heterocycles. The Hall–Kier alpha value is -2.29. The first-order valence-electron chi connectivity index (χ1n) is 11.5. The third-order valence-corrected chi connectivity index (χ3v) is 7.60. The van der Waals surface area contributed by atoms with E-state index in [4.69, 9.17) is 23.2 Å². The molecule has 35 heavy (non-hydrogen) atoms. The summed E-state index contributed by atoms with van der Waals surface area (Å²) in [6, 6.07) is 11.0. The average Bonchev–Trinajstić information content (AvgIpc) is 2.79. The van der Waals surface area contributed by atoms with E-state index in [9.17, 15) is 18.0 Å². The normalized spacial score (nSPS) is 13.1. The predicted molar refractivity (Wildman–Crippen MR) is 142 cm³/mol. The van der Waals surface area contributed by atoms with Crippen LogP contribution in [0.3, 0.4) is 0 Å². The number of halogens is 2. The van der Waals surface area contributed by atoms with Crippen molar-refractivity contribution in [2.24, 2.45) is 0 Å². The van der Waals surface area contributed by atoms with Crippen molar-refractivity contribution in [3.05, 3.63) is 63.6 Å². The Balaban J connectivity index is 2.45. The lowest BCUT2D eigenvalue weighted by molar-refractivity contribution is -0.140. The van der Waals surface area contributed by atoms with Gasteiger partial charge in [0.2, 0.25) is 21.8 Å². The lowest BCUT2D eigenvalue weighted by Gasteiger charge is -2.33. The van der Waals surface area contributed by atoms with Crippen LogP contribution >= 0.6 is 23.2 Å². The Labute approximate surface area is 218 Å². The smallest absolute Gasteiger partial charge is 0.244 e. The van der Waals surface area contributed by atoms with Gasteiger partial charge >= 0.3 is 0 Å². The van der Waals surface area contributed by atoms with Crippen molar-refractivity contribution < 1.29 is 18.0 Å². The number of aryl methyl sites for hydroxylation is 1. The second kappa shape index (κ2) is 12.6. The lowest BCUT2D eigenvalue weighted by Crippen LogP contribution is -2.53. The number of sulfonamides is 1. The van der Waals surface area contributed by atoms with Gasteiger partial charge in [0.15, 0.2) is 0 Å². The number of carbonyl (C=O) groups is 2. The number of hydrogen-bond acceptors (Lipinski definition) is 4. The van der Waals surface area contributed by atoms with E-state index in [1.807, 2.05) is 27.7 Å². The molecule has 1 N–H and O–H groups in total. The van der Waals surface area contributed by atoms with Gasteiger partial charge in [0.05, 0.1) is 22.0 Å². The largest absolute Gasteiger partial charge is 0.352 e. The number of benzene rings is 2. The van der Waals surface area contributed by atoms with E-state index in [1.54, 1.807) is 42.5 Å². The molecule has 0 aromatic heterocycles. The van der Waals surface area contributed by atoms with E-state index >= 15 is 0 Å². The monoisotopic (exact) mass is 541 g/mol. The van der Waals surface area contributed by atoms with Crippen LogP contribution in [-0.4, -0.2) is 50.0 Å². The molecule has 2 aromatic carbocycles. The first kappa shape index (κ1) is 28.9. The van der Waals surface area contributed by atoms with E-state index in [1.165, 1.54) is 4.90 Å². The minimum Gasteiger partial charge on any atom is -0.352 e. The molecular weight excluding hydrogens is 509 g/mol. The molecule has 0 fully saturated rings. The van der Waals surface area contributed by atoms with Crippen LogP contribution in [0.15, 0.2) is 42.5 Å². The molecule has 7 nitrogen and oxygen atoms in total. The number of carbonyl (C=O) groups excluding carboxylic acids is 2. The number of hydrogen-bond donors (Lipinski definition) is 1. The summed E-state index contributed by atoms with van der Waals surface area (Å²) in [5.74, 6) is -0.801. The third-order valence-electron chi connectivity index (χ3n) is 5.73. The van der Waals surface area contributed by atoms with Gasteiger partial charge in [-0.1, -0.05) is 60.8 Å². The molecule has 0 radical (unpaired) electrons. The minimum atomic E-state index is -3.77. The third kappa shape index (κ3) is 8.12. The summed E-state index contributed by atoms with van der Waals surface area (Å²) >= 11 is 12.2. The van der Waals surface area contributed by atoms with Crippen molar-refractivity contribution in [1.29, 1.82) is 0 Å². The Morgan fingerprint density at radius 3 is 2.14 bits per heavy atom. The number of nitrogens with one attached hydrogen (secondary N) is 1. The molecule has 10 heteroatoms. The van der Waals surface area contributed by atoms with Crippen molar-refractivity contribution in [1.82, 2.24) is 10.2 Å². The average molecular weight is 543 g/mol. The molecule has 2 atom stereocenters. The van der Waals surface area contributed by atoms with Crippen LogP contribution in [-0.2, 0) is 26.2 Å². The van der Waals surface area contributed by atoms with Gasteiger partial charge in [-0.2, -0.15) is 0 Å². The Bertz CT molecular complexity index is 1140. The molecule has 0 unspecified atom stereocenters. The van der Waals surface area contributed by atoms with Crippen LogP contribution in [0.1, 0.15) is 44.7 Å². The van der Waals surface area contributed by atoms with Gasteiger partial charge in [-0.05, 0) is 56.5 Å². The highest BCUT2D eigenvalue weighted by atomic mass is 35.5. The number of rotatable bonds is 11. The number of anilines is 1. The fraction of sp³-hybridized carbons (Fsp3) is 0.440. The van der Waals surface area contributed by atoms with Crippen molar-refractivity contribution in [2.45, 2.75) is 59.2 Å². The van der Waals surface area contributed by atoms with Crippen LogP contribution < -0.4 is 9.62 Å². The highest BCUT2D eigenvalue weighted by Gasteiger charge is 2.32. The Morgan fingerprint density at radius 2 is 1.63 bits per heavy atom. The summed E-state index contributed by atoms with van der Waals surface area (Å²) in [7, 11) is -3.77. The SMILES string of the molecule is CC[C@H](C(=O)N[C@@H](C)CC)N(Cc1ccc(Cl)c(Cl)c1)C(=O)CN(c1ccc(C)cc1)S(C)(=O)=O. The zero-order chi connectivity index (χ0) is 26.3. The molecule has 0 saturated carbocycles. The first-order chi connectivity index (χ1) is 16.4. The van der Waals surface area contributed by atoms with Gasteiger partial charge in [-0.15, -0.1) is 0 Å². The van der Waals surface area contributed by atoms with E-state index < -0.39 is 28.5 Å². The van der Waals surface area contributed by atoms with Crippen molar-refractivity contribution in [2.75, 3.05) is 17.1 Å². The topological polar surface area (TPSA) is 86.8 Å². The van der Waals surface area contributed by atoms with Gasteiger partial charge in [0, 0.05) is 12.6 Å². The fourth-order valence-electron chi connectivity index (χ4n) is 3.52.